The van der Waals surface area contributed by atoms with E-state index in [-0.39, 0.29) is 18.1 Å². The summed E-state index contributed by atoms with van der Waals surface area (Å²) >= 11 is 0. The third-order valence-corrected chi connectivity index (χ3v) is 3.76. The highest BCUT2D eigenvalue weighted by molar-refractivity contribution is 5.81. The molecule has 1 aromatic heterocycles. The van der Waals surface area contributed by atoms with Gasteiger partial charge in [-0.25, -0.2) is 0 Å². The van der Waals surface area contributed by atoms with E-state index in [0.29, 0.717) is 13.0 Å². The minimum absolute atomic E-state index is 0.00164. The molecule has 0 bridgehead atoms. The van der Waals surface area contributed by atoms with Crippen LogP contribution >= 0.6 is 0 Å². The second kappa shape index (κ2) is 6.19. The lowest BCUT2D eigenvalue weighted by molar-refractivity contribution is -0.122. The summed E-state index contributed by atoms with van der Waals surface area (Å²) in [6.07, 6.45) is 4.41. The van der Waals surface area contributed by atoms with Crippen molar-refractivity contribution in [3.05, 3.63) is 36.7 Å². The van der Waals surface area contributed by atoms with E-state index in [1.807, 2.05) is 37.6 Å². The Hall–Kier alpha value is -2.34. The summed E-state index contributed by atoms with van der Waals surface area (Å²) in [5.41, 5.74) is 2.04. The molecule has 2 aromatic rings. The molecule has 22 heavy (non-hydrogen) atoms. The predicted molar refractivity (Wildman–Crippen MR) is 82.4 cm³/mol. The van der Waals surface area contributed by atoms with Crippen LogP contribution in [0.15, 0.2) is 30.6 Å². The van der Waals surface area contributed by atoms with Crippen LogP contribution in [-0.2, 0) is 11.8 Å². The Labute approximate surface area is 129 Å². The van der Waals surface area contributed by atoms with Crippen LogP contribution in [0.25, 0.3) is 11.1 Å². The molecule has 1 aromatic carbocycles. The first kappa shape index (κ1) is 14.6. The molecular weight excluding hydrogens is 280 g/mol. The van der Waals surface area contributed by atoms with E-state index < -0.39 is 0 Å². The fraction of sp³-hybridized carbons (Fsp3) is 0.375. The van der Waals surface area contributed by atoms with Gasteiger partial charge in [-0.2, -0.15) is 5.10 Å². The molecule has 0 aliphatic carbocycles. The van der Waals surface area contributed by atoms with E-state index >= 15 is 0 Å². The summed E-state index contributed by atoms with van der Waals surface area (Å²) in [5.74, 6) is 0.757. The Balaban J connectivity index is 1.68. The second-order valence-corrected chi connectivity index (χ2v) is 5.41. The van der Waals surface area contributed by atoms with Gasteiger partial charge in [-0.15, -0.1) is 0 Å². The molecule has 115 valence electrons. The number of aryl methyl sites for hydroxylation is 1. The van der Waals surface area contributed by atoms with Crippen LogP contribution in [0.5, 0.6) is 5.75 Å². The topological polar surface area (TPSA) is 68.2 Å². The van der Waals surface area contributed by atoms with Crippen molar-refractivity contribution < 1.29 is 9.53 Å². The van der Waals surface area contributed by atoms with Crippen LogP contribution in [0, 0.1) is 6.07 Å². The van der Waals surface area contributed by atoms with E-state index in [4.69, 9.17) is 4.74 Å². The van der Waals surface area contributed by atoms with E-state index in [2.05, 4.69) is 21.8 Å². The lowest BCUT2D eigenvalue weighted by atomic mass is 10.1. The third kappa shape index (κ3) is 3.12. The SMILES string of the molecule is CNC(=O)[C@H]1C[C@@H](Oc2c[c]cc(-c3cnn(C)c3)c2)CN1. The van der Waals surface area contributed by atoms with Crippen molar-refractivity contribution in [2.75, 3.05) is 13.6 Å². The number of hydrogen-bond acceptors (Lipinski definition) is 4. The molecule has 3 rings (SSSR count). The average Bonchev–Trinajstić information content (AvgIpc) is 3.16. The maximum absolute atomic E-state index is 11.6. The number of nitrogens with one attached hydrogen (secondary N) is 2. The van der Waals surface area contributed by atoms with Gasteiger partial charge in [0.05, 0.1) is 12.2 Å². The van der Waals surface area contributed by atoms with Gasteiger partial charge in [0.25, 0.3) is 0 Å². The van der Waals surface area contributed by atoms with E-state index in [1.54, 1.807) is 11.7 Å². The van der Waals surface area contributed by atoms with Gasteiger partial charge >= 0.3 is 0 Å². The smallest absolute Gasteiger partial charge is 0.237 e. The van der Waals surface area contributed by atoms with Gasteiger partial charge in [0, 0.05) is 38.8 Å². The molecule has 2 N–H and O–H groups in total. The Bertz CT molecular complexity index is 668. The van der Waals surface area contributed by atoms with Crippen molar-refractivity contribution in [1.29, 1.82) is 0 Å². The van der Waals surface area contributed by atoms with E-state index in [0.717, 1.165) is 16.9 Å². The molecule has 0 spiro atoms. The summed E-state index contributed by atoms with van der Waals surface area (Å²) in [7, 11) is 3.53. The lowest BCUT2D eigenvalue weighted by Gasteiger charge is -2.13. The van der Waals surface area contributed by atoms with Crippen LogP contribution in [0.3, 0.4) is 0 Å². The number of benzene rings is 1. The maximum Gasteiger partial charge on any atom is 0.237 e. The molecule has 1 amide bonds. The number of hydrogen-bond donors (Lipinski definition) is 2. The quantitative estimate of drug-likeness (QED) is 0.874. The Morgan fingerprint density at radius 1 is 1.50 bits per heavy atom. The third-order valence-electron chi connectivity index (χ3n) is 3.76. The number of nitrogens with zero attached hydrogens (tertiary/aromatic N) is 2. The largest absolute Gasteiger partial charge is 0.489 e. The number of likely N-dealkylation sites (N-methyl/N-ethyl adjacent to an activating group) is 1. The lowest BCUT2D eigenvalue weighted by Crippen LogP contribution is -2.38. The summed E-state index contributed by atoms with van der Waals surface area (Å²) in [6.45, 7) is 0.662. The normalized spacial score (nSPS) is 20.8. The van der Waals surface area contributed by atoms with Gasteiger partial charge < -0.3 is 15.4 Å². The minimum atomic E-state index is -0.180. The fourth-order valence-corrected chi connectivity index (χ4v) is 2.61. The first-order valence-corrected chi connectivity index (χ1v) is 7.27. The zero-order valence-corrected chi connectivity index (χ0v) is 12.7. The van der Waals surface area contributed by atoms with Crippen LogP contribution in [0.2, 0.25) is 0 Å². The minimum Gasteiger partial charge on any atom is -0.489 e. The first-order valence-electron chi connectivity index (χ1n) is 7.27. The van der Waals surface area contributed by atoms with Gasteiger partial charge in [0.2, 0.25) is 5.91 Å². The number of carbonyl (C=O) groups excluding carboxylic acids is 1. The number of carbonyl (C=O) groups is 1. The fourth-order valence-electron chi connectivity index (χ4n) is 2.61. The molecular formula is C16H19N4O2. The Morgan fingerprint density at radius 3 is 3.09 bits per heavy atom. The second-order valence-electron chi connectivity index (χ2n) is 5.41. The van der Waals surface area contributed by atoms with E-state index in [9.17, 15) is 4.79 Å². The zero-order valence-electron chi connectivity index (χ0n) is 12.7. The standard InChI is InChI=1S/C16H19N4O2/c1-17-16(21)15-7-14(9-18-15)22-13-5-3-4-11(6-13)12-8-19-20(2)10-12/h4-6,8,10,14-15,18H,7,9H2,1-2H3,(H,17,21)/t14-,15-/m1/s1. The molecule has 2 atom stereocenters. The summed E-state index contributed by atoms with van der Waals surface area (Å²) in [5, 5.41) is 9.99. The van der Waals surface area contributed by atoms with Crippen molar-refractivity contribution in [3.63, 3.8) is 0 Å². The molecule has 1 aliphatic rings. The molecule has 1 saturated heterocycles. The van der Waals surface area contributed by atoms with Crippen molar-refractivity contribution in [2.24, 2.45) is 7.05 Å². The number of aromatic nitrogens is 2. The van der Waals surface area contributed by atoms with Crippen LogP contribution < -0.4 is 15.4 Å². The summed E-state index contributed by atoms with van der Waals surface area (Å²) in [4.78, 5) is 11.6. The highest BCUT2D eigenvalue weighted by atomic mass is 16.5. The Morgan fingerprint density at radius 2 is 2.36 bits per heavy atom. The van der Waals surface area contributed by atoms with Gasteiger partial charge in [0.1, 0.15) is 11.9 Å². The zero-order chi connectivity index (χ0) is 15.5. The van der Waals surface area contributed by atoms with Crippen LogP contribution in [0.1, 0.15) is 6.42 Å². The molecule has 1 aliphatic heterocycles. The maximum atomic E-state index is 11.6. The monoisotopic (exact) mass is 299 g/mol. The van der Waals surface area contributed by atoms with Gasteiger partial charge in [-0.05, 0) is 29.8 Å². The number of ether oxygens (including phenoxy) is 1. The Kier molecular flexibility index (Phi) is 4.11. The average molecular weight is 299 g/mol. The molecule has 6 nitrogen and oxygen atoms in total. The summed E-state index contributed by atoms with van der Waals surface area (Å²) in [6, 6.07) is 8.61. The molecule has 6 heteroatoms. The highest BCUT2D eigenvalue weighted by Crippen LogP contribution is 2.25. The molecule has 0 unspecified atom stereocenters. The molecule has 1 radical (unpaired) electrons. The van der Waals surface area contributed by atoms with Gasteiger partial charge in [-0.3, -0.25) is 9.48 Å². The summed E-state index contributed by atoms with van der Waals surface area (Å²) < 4.78 is 7.73. The number of amides is 1. The number of rotatable bonds is 4. The van der Waals surface area contributed by atoms with Crippen molar-refractivity contribution in [1.82, 2.24) is 20.4 Å². The van der Waals surface area contributed by atoms with Crippen LogP contribution in [0.4, 0.5) is 0 Å². The van der Waals surface area contributed by atoms with Crippen molar-refractivity contribution >= 4 is 5.91 Å². The van der Waals surface area contributed by atoms with Gasteiger partial charge in [0.15, 0.2) is 0 Å². The molecule has 2 heterocycles. The molecule has 1 fully saturated rings. The highest BCUT2D eigenvalue weighted by Gasteiger charge is 2.30. The van der Waals surface area contributed by atoms with Crippen molar-refractivity contribution in [3.8, 4) is 16.9 Å². The van der Waals surface area contributed by atoms with Crippen LogP contribution in [-0.4, -0.2) is 41.4 Å². The molecule has 0 saturated carbocycles. The van der Waals surface area contributed by atoms with Gasteiger partial charge in [-0.1, -0.05) is 0 Å². The van der Waals surface area contributed by atoms with Crippen molar-refractivity contribution in [2.45, 2.75) is 18.6 Å². The van der Waals surface area contributed by atoms with E-state index in [1.165, 1.54) is 0 Å². The predicted octanol–water partition coefficient (Wildman–Crippen LogP) is 0.743. The first-order chi connectivity index (χ1) is 10.7.